The van der Waals surface area contributed by atoms with Crippen molar-refractivity contribution in [3.63, 3.8) is 0 Å². The third-order valence-electron chi connectivity index (χ3n) is 6.85. The molecule has 4 aliphatic rings. The zero-order valence-electron chi connectivity index (χ0n) is 16.1. The second kappa shape index (κ2) is 6.28. The molecule has 2 saturated carbocycles. The highest BCUT2D eigenvalue weighted by Crippen LogP contribution is 2.55. The van der Waals surface area contributed by atoms with Crippen molar-refractivity contribution in [1.82, 2.24) is 10.2 Å². The second-order valence-electron chi connectivity index (χ2n) is 8.32. The van der Waals surface area contributed by atoms with E-state index in [1.54, 1.807) is 0 Å². The van der Waals surface area contributed by atoms with Gasteiger partial charge in [0.25, 0.3) is 5.91 Å². The summed E-state index contributed by atoms with van der Waals surface area (Å²) in [6.07, 6.45) is 5.78. The molecule has 3 heterocycles. The van der Waals surface area contributed by atoms with E-state index in [0.29, 0.717) is 21.4 Å². The predicted molar refractivity (Wildman–Crippen MR) is 108 cm³/mol. The number of fused-ring (bicyclic) bond motifs is 4. The molecule has 3 nitrogen and oxygen atoms in total. The van der Waals surface area contributed by atoms with Crippen LogP contribution < -0.4 is 5.32 Å². The minimum absolute atomic E-state index is 0.0152. The summed E-state index contributed by atoms with van der Waals surface area (Å²) in [6, 6.07) is 6.03. The van der Waals surface area contributed by atoms with Gasteiger partial charge in [0.15, 0.2) is 0 Å². The first-order valence-corrected chi connectivity index (χ1v) is 11.3. The van der Waals surface area contributed by atoms with E-state index in [0.717, 1.165) is 30.3 Å². The van der Waals surface area contributed by atoms with Crippen molar-refractivity contribution < 1.29 is 9.18 Å². The lowest BCUT2D eigenvalue weighted by Crippen LogP contribution is -2.51. The molecule has 2 aliphatic carbocycles. The average Bonchev–Trinajstić information content (AvgIpc) is 3.56. The van der Waals surface area contributed by atoms with Gasteiger partial charge >= 0.3 is 0 Å². The van der Waals surface area contributed by atoms with Gasteiger partial charge in [-0.2, -0.15) is 0 Å². The molecule has 1 aromatic heterocycles. The summed E-state index contributed by atoms with van der Waals surface area (Å²) in [5.74, 6) is 0.868. The summed E-state index contributed by atoms with van der Waals surface area (Å²) < 4.78 is 15.4. The zero-order chi connectivity index (χ0) is 18.8. The summed E-state index contributed by atoms with van der Waals surface area (Å²) in [5.41, 5.74) is 1.08. The number of carbonyl (C=O) groups excluding carboxylic acids is 1. The van der Waals surface area contributed by atoms with E-state index in [2.05, 4.69) is 10.2 Å². The van der Waals surface area contributed by atoms with Gasteiger partial charge < -0.3 is 5.32 Å². The van der Waals surface area contributed by atoms with Crippen molar-refractivity contribution in [2.24, 2.45) is 5.92 Å². The molecule has 0 radical (unpaired) electrons. The summed E-state index contributed by atoms with van der Waals surface area (Å²) in [5, 5.41) is 4.17. The average molecular weight is 387 g/mol. The van der Waals surface area contributed by atoms with Crippen LogP contribution in [-0.4, -0.2) is 35.5 Å². The van der Waals surface area contributed by atoms with Crippen molar-refractivity contribution in [2.75, 3.05) is 13.1 Å². The van der Waals surface area contributed by atoms with E-state index in [4.69, 9.17) is 0 Å². The number of halogens is 1. The molecule has 2 bridgehead atoms. The molecule has 27 heavy (non-hydrogen) atoms. The standard InChI is InChI=1S/C20H21FN2OS.C2H6/c21-16-14(11-1-2-11)4-3-12-9-15(25-17(12)16)19(24)22-18-13-5-8-23(10-13)20(18)6-7-20;1-2/h3-4,9,11,13,18H,1-2,5-8,10H2,(H,22,24);1-2H3. The van der Waals surface area contributed by atoms with E-state index in [9.17, 15) is 9.18 Å². The van der Waals surface area contributed by atoms with Crippen LogP contribution in [0.3, 0.4) is 0 Å². The van der Waals surface area contributed by atoms with Crippen LogP contribution in [0.25, 0.3) is 10.1 Å². The number of nitrogens with one attached hydrogen (secondary N) is 1. The molecule has 144 valence electrons. The number of rotatable bonds is 3. The Morgan fingerprint density at radius 2 is 2.04 bits per heavy atom. The number of hydrogen-bond acceptors (Lipinski definition) is 3. The van der Waals surface area contributed by atoms with Gasteiger partial charge in [0, 0.05) is 12.1 Å². The maximum Gasteiger partial charge on any atom is 0.261 e. The third kappa shape index (κ3) is 2.65. The Labute approximate surface area is 163 Å². The fourth-order valence-corrected chi connectivity index (χ4v) is 6.23. The molecule has 1 spiro atoms. The van der Waals surface area contributed by atoms with Gasteiger partial charge in [0.2, 0.25) is 0 Å². The van der Waals surface area contributed by atoms with Crippen LogP contribution >= 0.6 is 11.3 Å². The van der Waals surface area contributed by atoms with E-state index >= 15 is 0 Å². The first-order valence-electron chi connectivity index (χ1n) is 10.4. The fourth-order valence-electron chi connectivity index (χ4n) is 5.22. The lowest BCUT2D eigenvalue weighted by Gasteiger charge is -2.33. The first-order chi connectivity index (χ1) is 13.2. The van der Waals surface area contributed by atoms with Crippen molar-refractivity contribution in [3.05, 3.63) is 34.5 Å². The number of carbonyl (C=O) groups is 1. The minimum atomic E-state index is -0.103. The Bertz CT molecular complexity index is 899. The Morgan fingerprint density at radius 1 is 1.26 bits per heavy atom. The van der Waals surface area contributed by atoms with Gasteiger partial charge in [0.1, 0.15) is 5.82 Å². The maximum absolute atomic E-state index is 14.8. The van der Waals surface area contributed by atoms with Crippen molar-refractivity contribution in [1.29, 1.82) is 0 Å². The number of piperidine rings is 1. The molecule has 3 unspecified atom stereocenters. The largest absolute Gasteiger partial charge is 0.346 e. The maximum atomic E-state index is 14.8. The Balaban J connectivity index is 0.000000777. The van der Waals surface area contributed by atoms with Crippen LogP contribution in [0.15, 0.2) is 18.2 Å². The van der Waals surface area contributed by atoms with Crippen LogP contribution in [0.1, 0.15) is 67.1 Å². The molecular formula is C22H27FN2OS. The number of amides is 1. The Kier molecular flexibility index (Phi) is 4.10. The summed E-state index contributed by atoms with van der Waals surface area (Å²) >= 11 is 1.31. The van der Waals surface area contributed by atoms with Gasteiger partial charge in [0.05, 0.1) is 15.6 Å². The van der Waals surface area contributed by atoms with E-state index < -0.39 is 0 Å². The minimum Gasteiger partial charge on any atom is -0.346 e. The highest BCUT2D eigenvalue weighted by atomic mass is 32.1. The van der Waals surface area contributed by atoms with Gasteiger partial charge in [-0.1, -0.05) is 26.0 Å². The molecule has 1 amide bonds. The normalized spacial score (nSPS) is 29.7. The lowest BCUT2D eigenvalue weighted by atomic mass is 9.92. The monoisotopic (exact) mass is 386 g/mol. The SMILES string of the molecule is CC.O=C(NC1C2CCN(C2)C12CC2)c1cc2ccc(C3CC3)c(F)c2s1. The fraction of sp³-hybridized carbons (Fsp3) is 0.591. The van der Waals surface area contributed by atoms with Gasteiger partial charge in [-0.25, -0.2) is 4.39 Å². The number of thiophene rings is 1. The highest BCUT2D eigenvalue weighted by molar-refractivity contribution is 7.20. The summed E-state index contributed by atoms with van der Waals surface area (Å²) in [4.78, 5) is 16.1. The molecule has 4 fully saturated rings. The first kappa shape index (κ1) is 17.6. The van der Waals surface area contributed by atoms with Crippen molar-refractivity contribution >= 4 is 27.3 Å². The topological polar surface area (TPSA) is 32.3 Å². The Hall–Kier alpha value is -1.46. The van der Waals surface area contributed by atoms with E-state index in [1.807, 2.05) is 32.0 Å². The van der Waals surface area contributed by atoms with Crippen LogP contribution in [-0.2, 0) is 0 Å². The zero-order valence-corrected chi connectivity index (χ0v) is 16.9. The van der Waals surface area contributed by atoms with Crippen LogP contribution in [0, 0.1) is 11.7 Å². The predicted octanol–water partition coefficient (Wildman–Crippen LogP) is 4.91. The quantitative estimate of drug-likeness (QED) is 0.813. The molecule has 3 atom stereocenters. The molecule has 5 heteroatoms. The van der Waals surface area contributed by atoms with Crippen molar-refractivity contribution in [3.8, 4) is 0 Å². The second-order valence-corrected chi connectivity index (χ2v) is 9.37. The van der Waals surface area contributed by atoms with Crippen LogP contribution in [0.5, 0.6) is 0 Å². The smallest absolute Gasteiger partial charge is 0.261 e. The number of nitrogens with zero attached hydrogens (tertiary/aromatic N) is 1. The highest BCUT2D eigenvalue weighted by Gasteiger charge is 2.63. The molecular weight excluding hydrogens is 359 g/mol. The molecule has 2 aromatic rings. The molecule has 1 N–H and O–H groups in total. The molecule has 2 saturated heterocycles. The van der Waals surface area contributed by atoms with Gasteiger partial charge in [-0.05, 0) is 67.5 Å². The molecule has 2 aliphatic heterocycles. The van der Waals surface area contributed by atoms with Crippen LogP contribution in [0.2, 0.25) is 0 Å². The number of benzene rings is 1. The van der Waals surface area contributed by atoms with E-state index in [-0.39, 0.29) is 23.3 Å². The lowest BCUT2D eigenvalue weighted by molar-refractivity contribution is 0.0896. The van der Waals surface area contributed by atoms with E-state index in [1.165, 1.54) is 37.1 Å². The Morgan fingerprint density at radius 3 is 2.74 bits per heavy atom. The van der Waals surface area contributed by atoms with Crippen LogP contribution in [0.4, 0.5) is 4.39 Å². The number of hydrogen-bond donors (Lipinski definition) is 1. The summed E-state index contributed by atoms with van der Waals surface area (Å²) in [6.45, 7) is 6.33. The third-order valence-corrected chi connectivity index (χ3v) is 7.99. The summed E-state index contributed by atoms with van der Waals surface area (Å²) in [7, 11) is 0. The molecule has 1 aromatic carbocycles. The van der Waals surface area contributed by atoms with Gasteiger partial charge in [-0.3, -0.25) is 9.69 Å². The van der Waals surface area contributed by atoms with Gasteiger partial charge in [-0.15, -0.1) is 11.3 Å². The van der Waals surface area contributed by atoms with Crippen molar-refractivity contribution in [2.45, 2.75) is 63.5 Å². The molecule has 6 rings (SSSR count).